The van der Waals surface area contributed by atoms with Crippen LogP contribution in [0.5, 0.6) is 0 Å². The molecule has 0 amide bonds. The Kier molecular flexibility index (Phi) is 2.26. The number of hydrogen-bond acceptors (Lipinski definition) is 2. The number of aliphatic hydroxyl groups is 1. The van der Waals surface area contributed by atoms with Crippen LogP contribution in [-0.2, 0) is 4.74 Å². The number of epoxide rings is 1. The van der Waals surface area contributed by atoms with Gasteiger partial charge in [0, 0.05) is 0 Å². The zero-order chi connectivity index (χ0) is 8.65. The van der Waals surface area contributed by atoms with E-state index >= 15 is 0 Å². The topological polar surface area (TPSA) is 32.8 Å². The summed E-state index contributed by atoms with van der Waals surface area (Å²) >= 11 is 0. The SMILES string of the molecule is CCC(O)C1OC1C(C)(C)C. The van der Waals surface area contributed by atoms with Gasteiger partial charge in [-0.25, -0.2) is 0 Å². The highest BCUT2D eigenvalue weighted by Gasteiger charge is 2.50. The maximum Gasteiger partial charge on any atom is 0.110 e. The third-order valence-electron chi connectivity index (χ3n) is 2.18. The molecule has 1 rings (SSSR count). The summed E-state index contributed by atoms with van der Waals surface area (Å²) in [5.41, 5.74) is 0.181. The summed E-state index contributed by atoms with van der Waals surface area (Å²) in [6, 6.07) is 0. The highest BCUT2D eigenvalue weighted by Crippen LogP contribution is 2.40. The molecule has 0 aromatic heterocycles. The largest absolute Gasteiger partial charge is 0.390 e. The molecular formula is C9H18O2. The summed E-state index contributed by atoms with van der Waals surface area (Å²) in [6.07, 6.45) is 0.883. The summed E-state index contributed by atoms with van der Waals surface area (Å²) in [4.78, 5) is 0. The van der Waals surface area contributed by atoms with Crippen molar-refractivity contribution in [1.29, 1.82) is 0 Å². The quantitative estimate of drug-likeness (QED) is 0.619. The van der Waals surface area contributed by atoms with Gasteiger partial charge in [-0.2, -0.15) is 0 Å². The molecular weight excluding hydrogens is 140 g/mol. The lowest BCUT2D eigenvalue weighted by atomic mass is 9.89. The Morgan fingerprint density at radius 2 is 2.00 bits per heavy atom. The van der Waals surface area contributed by atoms with E-state index in [2.05, 4.69) is 20.8 Å². The van der Waals surface area contributed by atoms with Crippen LogP contribution in [0.25, 0.3) is 0 Å². The summed E-state index contributed by atoms with van der Waals surface area (Å²) in [5.74, 6) is 0. The molecule has 3 atom stereocenters. The molecule has 0 radical (unpaired) electrons. The fraction of sp³-hybridized carbons (Fsp3) is 1.00. The molecule has 0 spiro atoms. The van der Waals surface area contributed by atoms with Gasteiger partial charge < -0.3 is 9.84 Å². The fourth-order valence-electron chi connectivity index (χ4n) is 1.35. The van der Waals surface area contributed by atoms with Crippen molar-refractivity contribution in [2.75, 3.05) is 0 Å². The van der Waals surface area contributed by atoms with E-state index < -0.39 is 0 Å². The third-order valence-corrected chi connectivity index (χ3v) is 2.18. The minimum Gasteiger partial charge on any atom is -0.390 e. The van der Waals surface area contributed by atoms with Gasteiger partial charge in [0.25, 0.3) is 0 Å². The van der Waals surface area contributed by atoms with Gasteiger partial charge in [0.15, 0.2) is 0 Å². The van der Waals surface area contributed by atoms with Crippen LogP contribution < -0.4 is 0 Å². The molecule has 1 heterocycles. The first-order valence-electron chi connectivity index (χ1n) is 4.30. The molecule has 3 unspecified atom stereocenters. The Labute approximate surface area is 68.6 Å². The average Bonchev–Trinajstić information content (AvgIpc) is 2.62. The van der Waals surface area contributed by atoms with Crippen molar-refractivity contribution in [3.05, 3.63) is 0 Å². The zero-order valence-corrected chi connectivity index (χ0v) is 7.79. The Hall–Kier alpha value is -0.0800. The molecule has 0 aliphatic carbocycles. The van der Waals surface area contributed by atoms with Crippen molar-refractivity contribution in [2.24, 2.45) is 5.41 Å². The molecule has 1 fully saturated rings. The van der Waals surface area contributed by atoms with Crippen molar-refractivity contribution < 1.29 is 9.84 Å². The lowest BCUT2D eigenvalue weighted by Gasteiger charge is -2.15. The maximum atomic E-state index is 9.41. The van der Waals surface area contributed by atoms with Crippen molar-refractivity contribution in [1.82, 2.24) is 0 Å². The molecule has 0 aromatic carbocycles. The van der Waals surface area contributed by atoms with Crippen LogP contribution in [-0.4, -0.2) is 23.4 Å². The van der Waals surface area contributed by atoms with Crippen LogP contribution >= 0.6 is 0 Å². The molecule has 0 saturated carbocycles. The Bertz CT molecular complexity index is 137. The van der Waals surface area contributed by atoms with Gasteiger partial charge in [0.1, 0.15) is 6.10 Å². The highest BCUT2D eigenvalue weighted by molar-refractivity contribution is 4.97. The second-order valence-corrected chi connectivity index (χ2v) is 4.36. The van der Waals surface area contributed by atoms with Gasteiger partial charge in [-0.05, 0) is 11.8 Å². The van der Waals surface area contributed by atoms with Crippen LogP contribution in [0.4, 0.5) is 0 Å². The second kappa shape index (κ2) is 2.76. The number of ether oxygens (including phenoxy) is 1. The van der Waals surface area contributed by atoms with Gasteiger partial charge in [-0.15, -0.1) is 0 Å². The lowest BCUT2D eigenvalue weighted by Crippen LogP contribution is -2.23. The van der Waals surface area contributed by atoms with E-state index in [1.165, 1.54) is 0 Å². The van der Waals surface area contributed by atoms with Crippen molar-refractivity contribution in [3.8, 4) is 0 Å². The van der Waals surface area contributed by atoms with Crippen molar-refractivity contribution in [2.45, 2.75) is 52.4 Å². The summed E-state index contributed by atoms with van der Waals surface area (Å²) in [5, 5.41) is 9.41. The van der Waals surface area contributed by atoms with Crippen LogP contribution in [0.1, 0.15) is 34.1 Å². The Morgan fingerprint density at radius 1 is 1.45 bits per heavy atom. The number of hydrogen-bond donors (Lipinski definition) is 1. The molecule has 2 nitrogen and oxygen atoms in total. The Morgan fingerprint density at radius 3 is 2.27 bits per heavy atom. The summed E-state index contributed by atoms with van der Waals surface area (Å²) in [6.45, 7) is 8.40. The number of rotatable bonds is 2. The van der Waals surface area contributed by atoms with Crippen molar-refractivity contribution in [3.63, 3.8) is 0 Å². The van der Waals surface area contributed by atoms with Gasteiger partial charge in [0.05, 0.1) is 12.2 Å². The fourth-order valence-corrected chi connectivity index (χ4v) is 1.35. The summed E-state index contributed by atoms with van der Waals surface area (Å²) in [7, 11) is 0. The molecule has 0 aromatic rings. The molecule has 1 saturated heterocycles. The molecule has 2 heteroatoms. The smallest absolute Gasteiger partial charge is 0.110 e. The highest BCUT2D eigenvalue weighted by atomic mass is 16.6. The first-order chi connectivity index (χ1) is 4.96. The predicted octanol–water partition coefficient (Wildman–Crippen LogP) is 1.57. The van der Waals surface area contributed by atoms with E-state index in [1.54, 1.807) is 0 Å². The van der Waals surface area contributed by atoms with Gasteiger partial charge >= 0.3 is 0 Å². The van der Waals surface area contributed by atoms with E-state index in [4.69, 9.17) is 4.74 Å². The van der Waals surface area contributed by atoms with E-state index in [1.807, 2.05) is 6.92 Å². The third kappa shape index (κ3) is 1.94. The average molecular weight is 158 g/mol. The first-order valence-corrected chi connectivity index (χ1v) is 4.30. The zero-order valence-electron chi connectivity index (χ0n) is 7.79. The number of aliphatic hydroxyl groups excluding tert-OH is 1. The van der Waals surface area contributed by atoms with E-state index in [-0.39, 0.29) is 23.7 Å². The van der Waals surface area contributed by atoms with Gasteiger partial charge in [-0.1, -0.05) is 27.7 Å². The Balaban J connectivity index is 2.37. The monoisotopic (exact) mass is 158 g/mol. The minimum absolute atomic E-state index is 0.0972. The molecule has 1 aliphatic heterocycles. The first kappa shape index (κ1) is 9.01. The summed E-state index contributed by atoms with van der Waals surface area (Å²) < 4.78 is 5.38. The predicted molar refractivity (Wildman–Crippen MR) is 44.4 cm³/mol. The van der Waals surface area contributed by atoms with E-state index in [9.17, 15) is 5.11 Å². The normalized spacial score (nSPS) is 33.5. The van der Waals surface area contributed by atoms with Crippen LogP contribution in [0.3, 0.4) is 0 Å². The molecule has 0 bridgehead atoms. The maximum absolute atomic E-state index is 9.41. The van der Waals surface area contributed by atoms with Crippen LogP contribution in [0.15, 0.2) is 0 Å². The molecule has 1 N–H and O–H groups in total. The van der Waals surface area contributed by atoms with E-state index in [0.29, 0.717) is 0 Å². The van der Waals surface area contributed by atoms with Crippen molar-refractivity contribution >= 4 is 0 Å². The van der Waals surface area contributed by atoms with Crippen LogP contribution in [0, 0.1) is 5.41 Å². The molecule has 11 heavy (non-hydrogen) atoms. The van der Waals surface area contributed by atoms with Crippen LogP contribution in [0.2, 0.25) is 0 Å². The molecule has 66 valence electrons. The standard InChI is InChI=1S/C9H18O2/c1-5-6(10)7-8(11-7)9(2,3)4/h6-8,10H,5H2,1-4H3. The van der Waals surface area contributed by atoms with E-state index in [0.717, 1.165) is 6.42 Å². The van der Waals surface area contributed by atoms with Gasteiger partial charge in [-0.3, -0.25) is 0 Å². The molecule has 1 aliphatic rings. The minimum atomic E-state index is -0.265. The van der Waals surface area contributed by atoms with Gasteiger partial charge in [0.2, 0.25) is 0 Å². The lowest BCUT2D eigenvalue weighted by molar-refractivity contribution is 0.131. The second-order valence-electron chi connectivity index (χ2n) is 4.36.